The van der Waals surface area contributed by atoms with Crippen LogP contribution >= 0.6 is 11.3 Å². The minimum Gasteiger partial charge on any atom is -0.302 e. The Morgan fingerprint density at radius 1 is 1.58 bits per heavy atom. The van der Waals surface area contributed by atoms with E-state index in [9.17, 15) is 4.79 Å². The van der Waals surface area contributed by atoms with Gasteiger partial charge in [0.1, 0.15) is 0 Å². The highest BCUT2D eigenvalue weighted by Gasteiger charge is 2.09. The Kier molecular flexibility index (Phi) is 3.00. The summed E-state index contributed by atoms with van der Waals surface area (Å²) in [6, 6.07) is 1.89. The smallest absolute Gasteiger partial charge is 0.177 e. The first-order chi connectivity index (χ1) is 5.61. The van der Waals surface area contributed by atoms with E-state index in [1.54, 1.807) is 11.3 Å². The molecule has 0 fully saturated rings. The van der Waals surface area contributed by atoms with Crippen molar-refractivity contribution in [3.05, 3.63) is 21.9 Å². The quantitative estimate of drug-likeness (QED) is 0.666. The van der Waals surface area contributed by atoms with Crippen molar-refractivity contribution in [2.75, 3.05) is 20.6 Å². The number of hydrogen-bond donors (Lipinski definition) is 0. The summed E-state index contributed by atoms with van der Waals surface area (Å²) in [4.78, 5) is 14.5. The summed E-state index contributed by atoms with van der Waals surface area (Å²) in [5.41, 5.74) is 0.869. The third kappa shape index (κ3) is 2.16. The van der Waals surface area contributed by atoms with Crippen LogP contribution in [0.3, 0.4) is 0 Å². The molecule has 0 aromatic carbocycles. The molecule has 1 heterocycles. The molecule has 0 saturated heterocycles. The SMILES string of the molecule is Cc1sccc1C(=O)CN(C)C. The van der Waals surface area contributed by atoms with Crippen LogP contribution in [0.4, 0.5) is 0 Å². The number of thiophene rings is 1. The van der Waals surface area contributed by atoms with E-state index in [2.05, 4.69) is 0 Å². The van der Waals surface area contributed by atoms with Crippen LogP contribution in [0.25, 0.3) is 0 Å². The fourth-order valence-electron chi connectivity index (χ4n) is 1.05. The first-order valence-corrected chi connectivity index (χ1v) is 4.71. The highest BCUT2D eigenvalue weighted by atomic mass is 32.1. The molecule has 3 heteroatoms. The van der Waals surface area contributed by atoms with Crippen LogP contribution in [-0.4, -0.2) is 31.3 Å². The Balaban J connectivity index is 2.72. The molecule has 0 unspecified atom stereocenters. The second kappa shape index (κ2) is 3.83. The van der Waals surface area contributed by atoms with Crippen molar-refractivity contribution in [1.29, 1.82) is 0 Å². The zero-order valence-corrected chi connectivity index (χ0v) is 8.44. The van der Waals surface area contributed by atoms with Crippen LogP contribution < -0.4 is 0 Å². The van der Waals surface area contributed by atoms with Crippen LogP contribution in [0.5, 0.6) is 0 Å². The van der Waals surface area contributed by atoms with Crippen LogP contribution in [0, 0.1) is 6.92 Å². The van der Waals surface area contributed by atoms with E-state index in [1.165, 1.54) is 0 Å². The van der Waals surface area contributed by atoms with Crippen LogP contribution in [0.2, 0.25) is 0 Å². The molecule has 0 saturated carbocycles. The van der Waals surface area contributed by atoms with Crippen molar-refractivity contribution in [1.82, 2.24) is 4.90 Å². The normalized spacial score (nSPS) is 10.7. The molecular weight excluding hydrogens is 170 g/mol. The molecule has 12 heavy (non-hydrogen) atoms. The average molecular weight is 183 g/mol. The summed E-state index contributed by atoms with van der Waals surface area (Å²) in [6.07, 6.45) is 0. The average Bonchev–Trinajstić information content (AvgIpc) is 2.33. The van der Waals surface area contributed by atoms with Crippen molar-refractivity contribution in [3.63, 3.8) is 0 Å². The van der Waals surface area contributed by atoms with Gasteiger partial charge in [0, 0.05) is 10.4 Å². The zero-order valence-electron chi connectivity index (χ0n) is 7.63. The zero-order chi connectivity index (χ0) is 9.14. The second-order valence-corrected chi connectivity index (χ2v) is 4.17. The first-order valence-electron chi connectivity index (χ1n) is 3.83. The van der Waals surface area contributed by atoms with Crippen LogP contribution in [-0.2, 0) is 0 Å². The van der Waals surface area contributed by atoms with Crippen molar-refractivity contribution >= 4 is 17.1 Å². The molecule has 0 aliphatic rings. The second-order valence-electron chi connectivity index (χ2n) is 3.05. The van der Waals surface area contributed by atoms with Gasteiger partial charge in [-0.25, -0.2) is 0 Å². The van der Waals surface area contributed by atoms with Gasteiger partial charge >= 0.3 is 0 Å². The summed E-state index contributed by atoms with van der Waals surface area (Å²) < 4.78 is 0. The largest absolute Gasteiger partial charge is 0.302 e. The van der Waals surface area contributed by atoms with Gasteiger partial charge in [-0.15, -0.1) is 11.3 Å². The molecule has 0 aliphatic heterocycles. The Labute approximate surface area is 76.8 Å². The van der Waals surface area contributed by atoms with Gasteiger partial charge in [-0.2, -0.15) is 0 Å². The van der Waals surface area contributed by atoms with Gasteiger partial charge < -0.3 is 4.90 Å². The van der Waals surface area contributed by atoms with Gasteiger partial charge in [0.2, 0.25) is 0 Å². The molecule has 0 bridgehead atoms. The van der Waals surface area contributed by atoms with Crippen molar-refractivity contribution in [3.8, 4) is 0 Å². The molecule has 0 atom stereocenters. The highest BCUT2D eigenvalue weighted by molar-refractivity contribution is 7.10. The molecule has 2 nitrogen and oxygen atoms in total. The van der Waals surface area contributed by atoms with Crippen LogP contribution in [0.15, 0.2) is 11.4 Å². The molecule has 0 radical (unpaired) electrons. The summed E-state index contributed by atoms with van der Waals surface area (Å²) in [5, 5.41) is 1.96. The summed E-state index contributed by atoms with van der Waals surface area (Å²) in [5.74, 6) is 0.207. The molecule has 0 aliphatic carbocycles. The molecular formula is C9H13NOS. The fourth-order valence-corrected chi connectivity index (χ4v) is 1.76. The minimum absolute atomic E-state index is 0.207. The van der Waals surface area contributed by atoms with Crippen molar-refractivity contribution in [2.45, 2.75) is 6.92 Å². The number of aryl methyl sites for hydroxylation is 1. The van der Waals surface area contributed by atoms with E-state index in [0.29, 0.717) is 6.54 Å². The molecule has 66 valence electrons. The number of carbonyl (C=O) groups is 1. The van der Waals surface area contributed by atoms with E-state index in [1.807, 2.05) is 37.4 Å². The Hall–Kier alpha value is -0.670. The third-order valence-corrected chi connectivity index (χ3v) is 2.46. The summed E-state index contributed by atoms with van der Waals surface area (Å²) >= 11 is 1.62. The lowest BCUT2D eigenvalue weighted by atomic mass is 10.2. The van der Waals surface area contributed by atoms with Gasteiger partial charge in [0.15, 0.2) is 5.78 Å². The van der Waals surface area contributed by atoms with E-state index in [-0.39, 0.29) is 5.78 Å². The predicted octanol–water partition coefficient (Wildman–Crippen LogP) is 1.80. The maximum absolute atomic E-state index is 11.5. The lowest BCUT2D eigenvalue weighted by Gasteiger charge is -2.07. The number of hydrogen-bond acceptors (Lipinski definition) is 3. The van der Waals surface area contributed by atoms with Gasteiger partial charge in [-0.05, 0) is 32.5 Å². The highest BCUT2D eigenvalue weighted by Crippen LogP contribution is 2.15. The number of rotatable bonds is 3. The van der Waals surface area contributed by atoms with Gasteiger partial charge in [-0.3, -0.25) is 4.79 Å². The maximum Gasteiger partial charge on any atom is 0.177 e. The molecule has 0 spiro atoms. The molecule has 0 amide bonds. The lowest BCUT2D eigenvalue weighted by molar-refractivity contribution is 0.0958. The Morgan fingerprint density at radius 2 is 2.25 bits per heavy atom. The number of ketones is 1. The summed E-state index contributed by atoms with van der Waals surface area (Å²) in [7, 11) is 3.80. The number of carbonyl (C=O) groups excluding carboxylic acids is 1. The topological polar surface area (TPSA) is 20.3 Å². The van der Waals surface area contributed by atoms with Crippen molar-refractivity contribution < 1.29 is 4.79 Å². The number of likely N-dealkylation sites (N-methyl/N-ethyl adjacent to an activating group) is 1. The molecule has 1 aromatic heterocycles. The lowest BCUT2D eigenvalue weighted by Crippen LogP contribution is -2.21. The fraction of sp³-hybridized carbons (Fsp3) is 0.444. The predicted molar refractivity (Wildman–Crippen MR) is 51.9 cm³/mol. The monoisotopic (exact) mass is 183 g/mol. The molecule has 1 aromatic rings. The first kappa shape index (κ1) is 9.42. The van der Waals surface area contributed by atoms with Gasteiger partial charge in [0.25, 0.3) is 0 Å². The van der Waals surface area contributed by atoms with Crippen LogP contribution in [0.1, 0.15) is 15.2 Å². The van der Waals surface area contributed by atoms with Gasteiger partial charge in [0.05, 0.1) is 6.54 Å². The van der Waals surface area contributed by atoms with Gasteiger partial charge in [-0.1, -0.05) is 0 Å². The summed E-state index contributed by atoms with van der Waals surface area (Å²) in [6.45, 7) is 2.48. The van der Waals surface area contributed by atoms with E-state index < -0.39 is 0 Å². The molecule has 0 N–H and O–H groups in total. The third-order valence-electron chi connectivity index (χ3n) is 1.62. The maximum atomic E-state index is 11.5. The van der Waals surface area contributed by atoms with E-state index in [0.717, 1.165) is 10.4 Å². The standard InChI is InChI=1S/C9H13NOS/c1-7-8(4-5-12-7)9(11)6-10(2)3/h4-5H,6H2,1-3H3. The molecule has 1 rings (SSSR count). The number of nitrogens with zero attached hydrogens (tertiary/aromatic N) is 1. The Bertz CT molecular complexity index is 278. The Morgan fingerprint density at radius 3 is 2.67 bits per heavy atom. The van der Waals surface area contributed by atoms with E-state index in [4.69, 9.17) is 0 Å². The van der Waals surface area contributed by atoms with Crippen molar-refractivity contribution in [2.24, 2.45) is 0 Å². The van der Waals surface area contributed by atoms with E-state index >= 15 is 0 Å². The number of Topliss-reactive ketones (excluding diaryl/α,β-unsaturated/α-hetero) is 1. The minimum atomic E-state index is 0.207.